The van der Waals surface area contributed by atoms with Crippen LogP contribution >= 0.6 is 0 Å². The van der Waals surface area contributed by atoms with Crippen molar-refractivity contribution in [3.8, 4) is 0 Å². The molecular formula is C20H28N4O3. The number of carboxylic acid groups (broad SMARTS) is 1. The average Bonchev–Trinajstić information content (AvgIpc) is 3.05. The fourth-order valence-electron chi connectivity index (χ4n) is 4.00. The lowest BCUT2D eigenvalue weighted by atomic mass is 9.98. The Morgan fingerprint density at radius 2 is 2.04 bits per heavy atom. The van der Waals surface area contributed by atoms with E-state index in [1.54, 1.807) is 4.90 Å². The van der Waals surface area contributed by atoms with E-state index in [0.717, 1.165) is 40.7 Å². The number of aryl methyl sites for hydroxylation is 2. The fourth-order valence-corrected chi connectivity index (χ4v) is 4.00. The molecular weight excluding hydrogens is 344 g/mol. The molecule has 0 radical (unpaired) electrons. The molecule has 2 aromatic rings. The second-order valence-corrected chi connectivity index (χ2v) is 7.66. The number of likely N-dealkylation sites (tertiary alicyclic amines) is 1. The van der Waals surface area contributed by atoms with Gasteiger partial charge in [-0.05, 0) is 64.5 Å². The van der Waals surface area contributed by atoms with E-state index in [4.69, 9.17) is 4.98 Å². The second-order valence-electron chi connectivity index (χ2n) is 7.66. The van der Waals surface area contributed by atoms with Crippen LogP contribution < -0.4 is 0 Å². The van der Waals surface area contributed by atoms with E-state index in [9.17, 15) is 14.7 Å². The number of carboxylic acids is 1. The number of rotatable bonds is 5. The number of piperidine rings is 1. The molecule has 0 saturated carbocycles. The third-order valence-corrected chi connectivity index (χ3v) is 5.52. The van der Waals surface area contributed by atoms with E-state index in [0.29, 0.717) is 25.8 Å². The van der Waals surface area contributed by atoms with Crippen molar-refractivity contribution in [3.63, 3.8) is 0 Å². The number of amides is 1. The van der Waals surface area contributed by atoms with Gasteiger partial charge >= 0.3 is 5.97 Å². The molecule has 2 aromatic heterocycles. The first-order chi connectivity index (χ1) is 12.8. The van der Waals surface area contributed by atoms with Crippen LogP contribution in [0.5, 0.6) is 0 Å². The highest BCUT2D eigenvalue weighted by molar-refractivity contribution is 5.84. The molecule has 1 aliphatic heterocycles. The third-order valence-electron chi connectivity index (χ3n) is 5.52. The van der Waals surface area contributed by atoms with Crippen LogP contribution in [0.3, 0.4) is 0 Å². The van der Waals surface area contributed by atoms with E-state index in [2.05, 4.69) is 18.9 Å². The van der Waals surface area contributed by atoms with Crippen LogP contribution in [0.2, 0.25) is 0 Å². The average molecular weight is 372 g/mol. The first-order valence-electron chi connectivity index (χ1n) is 9.66. The van der Waals surface area contributed by atoms with Crippen LogP contribution in [0.4, 0.5) is 0 Å². The zero-order valence-corrected chi connectivity index (χ0v) is 16.5. The number of hydrogen-bond donors (Lipinski definition) is 1. The summed E-state index contributed by atoms with van der Waals surface area (Å²) >= 11 is 0. The SMILES string of the molecule is Cc1nc2c(cnn2C(C)C)c(C)c1CCC(=O)N1CCCC[C@H]1C(=O)O. The maximum absolute atomic E-state index is 12.7. The Morgan fingerprint density at radius 1 is 1.30 bits per heavy atom. The minimum atomic E-state index is -0.903. The number of pyridine rings is 1. The quantitative estimate of drug-likeness (QED) is 0.871. The molecule has 7 heteroatoms. The summed E-state index contributed by atoms with van der Waals surface area (Å²) in [6.45, 7) is 8.69. The van der Waals surface area contributed by atoms with E-state index in [1.165, 1.54) is 0 Å². The Labute approximate surface area is 159 Å². The lowest BCUT2D eigenvalue weighted by molar-refractivity contribution is -0.152. The molecule has 3 rings (SSSR count). The Balaban J connectivity index is 1.80. The predicted octanol–water partition coefficient (Wildman–Crippen LogP) is 3.03. The zero-order chi connectivity index (χ0) is 19.7. The Morgan fingerprint density at radius 3 is 2.70 bits per heavy atom. The normalized spacial score (nSPS) is 17.7. The molecule has 0 aromatic carbocycles. The summed E-state index contributed by atoms with van der Waals surface area (Å²) in [5.74, 6) is -0.988. The van der Waals surface area contributed by atoms with Gasteiger partial charge in [0.2, 0.25) is 5.91 Å². The van der Waals surface area contributed by atoms with Gasteiger partial charge in [0.15, 0.2) is 5.65 Å². The van der Waals surface area contributed by atoms with Gasteiger partial charge < -0.3 is 10.0 Å². The van der Waals surface area contributed by atoms with Crippen LogP contribution in [0.1, 0.15) is 62.4 Å². The smallest absolute Gasteiger partial charge is 0.326 e. The van der Waals surface area contributed by atoms with E-state index >= 15 is 0 Å². The molecule has 1 saturated heterocycles. The molecule has 1 atom stereocenters. The first-order valence-corrected chi connectivity index (χ1v) is 9.66. The topological polar surface area (TPSA) is 88.3 Å². The number of carbonyl (C=O) groups is 2. The van der Waals surface area contributed by atoms with E-state index in [-0.39, 0.29) is 11.9 Å². The lowest BCUT2D eigenvalue weighted by Crippen LogP contribution is -2.48. The van der Waals surface area contributed by atoms with Crippen LogP contribution in [0, 0.1) is 13.8 Å². The first kappa shape index (κ1) is 19.3. The molecule has 146 valence electrons. The predicted molar refractivity (Wildman–Crippen MR) is 103 cm³/mol. The van der Waals surface area contributed by atoms with E-state index < -0.39 is 12.0 Å². The zero-order valence-electron chi connectivity index (χ0n) is 16.5. The molecule has 0 unspecified atom stereocenters. The van der Waals surface area contributed by atoms with Crippen molar-refractivity contribution in [2.24, 2.45) is 0 Å². The molecule has 0 aliphatic carbocycles. The molecule has 1 fully saturated rings. The number of aliphatic carboxylic acids is 1. The largest absolute Gasteiger partial charge is 0.480 e. The molecule has 1 N–H and O–H groups in total. The maximum atomic E-state index is 12.7. The molecule has 3 heterocycles. The summed E-state index contributed by atoms with van der Waals surface area (Å²) in [5.41, 5.74) is 3.94. The summed E-state index contributed by atoms with van der Waals surface area (Å²) in [6.07, 6.45) is 4.98. The van der Waals surface area contributed by atoms with Gasteiger partial charge in [0.25, 0.3) is 0 Å². The number of carbonyl (C=O) groups excluding carboxylic acids is 1. The second kappa shape index (κ2) is 7.66. The van der Waals surface area contributed by atoms with Crippen molar-refractivity contribution in [2.75, 3.05) is 6.54 Å². The highest BCUT2D eigenvalue weighted by Gasteiger charge is 2.31. The third kappa shape index (κ3) is 3.68. The lowest BCUT2D eigenvalue weighted by Gasteiger charge is -2.33. The minimum Gasteiger partial charge on any atom is -0.480 e. The summed E-state index contributed by atoms with van der Waals surface area (Å²) < 4.78 is 1.91. The maximum Gasteiger partial charge on any atom is 0.326 e. The van der Waals surface area contributed by atoms with Gasteiger partial charge in [0.1, 0.15) is 6.04 Å². The van der Waals surface area contributed by atoms with Crippen LogP contribution in [0.25, 0.3) is 11.0 Å². The van der Waals surface area contributed by atoms with Gasteiger partial charge in [-0.2, -0.15) is 5.10 Å². The highest BCUT2D eigenvalue weighted by Crippen LogP contribution is 2.26. The Hall–Kier alpha value is -2.44. The standard InChI is InChI=1S/C20H28N4O3/c1-12(2)24-19-16(11-21-24)13(3)15(14(4)22-19)8-9-18(25)23-10-6-5-7-17(23)20(26)27/h11-12,17H,5-10H2,1-4H3,(H,26,27)/t17-/m0/s1. The minimum absolute atomic E-state index is 0.0844. The Kier molecular flexibility index (Phi) is 5.48. The molecule has 0 spiro atoms. The monoisotopic (exact) mass is 372 g/mol. The van der Waals surface area contributed by atoms with Crippen molar-refractivity contribution in [1.82, 2.24) is 19.7 Å². The summed E-state index contributed by atoms with van der Waals surface area (Å²) in [6, 6.07) is -0.452. The fraction of sp³-hybridized carbons (Fsp3) is 0.600. The van der Waals surface area contributed by atoms with Gasteiger partial charge in [-0.15, -0.1) is 0 Å². The number of hydrogen-bond acceptors (Lipinski definition) is 4. The number of aromatic nitrogens is 3. The van der Waals surface area contributed by atoms with Crippen molar-refractivity contribution in [3.05, 3.63) is 23.0 Å². The van der Waals surface area contributed by atoms with Crippen molar-refractivity contribution in [2.45, 2.75) is 71.9 Å². The van der Waals surface area contributed by atoms with Gasteiger partial charge in [0, 0.05) is 30.1 Å². The van der Waals surface area contributed by atoms with Gasteiger partial charge in [0.05, 0.1) is 6.20 Å². The molecule has 7 nitrogen and oxygen atoms in total. The summed E-state index contributed by atoms with van der Waals surface area (Å²) in [4.78, 5) is 30.4. The van der Waals surface area contributed by atoms with E-state index in [1.807, 2.05) is 24.7 Å². The van der Waals surface area contributed by atoms with Crippen molar-refractivity contribution >= 4 is 22.9 Å². The number of nitrogens with zero attached hydrogens (tertiary/aromatic N) is 4. The van der Waals surface area contributed by atoms with Gasteiger partial charge in [-0.3, -0.25) is 4.79 Å². The van der Waals surface area contributed by atoms with Crippen molar-refractivity contribution in [1.29, 1.82) is 0 Å². The molecule has 1 amide bonds. The van der Waals surface area contributed by atoms with Crippen LogP contribution in [0.15, 0.2) is 6.20 Å². The van der Waals surface area contributed by atoms with Crippen LogP contribution in [-0.2, 0) is 16.0 Å². The van der Waals surface area contributed by atoms with Crippen molar-refractivity contribution < 1.29 is 14.7 Å². The number of fused-ring (bicyclic) bond motifs is 1. The molecule has 1 aliphatic rings. The molecule has 0 bridgehead atoms. The summed E-state index contributed by atoms with van der Waals surface area (Å²) in [5, 5.41) is 14.8. The highest BCUT2D eigenvalue weighted by atomic mass is 16.4. The van der Waals surface area contributed by atoms with Gasteiger partial charge in [-0.1, -0.05) is 0 Å². The summed E-state index contributed by atoms with van der Waals surface area (Å²) in [7, 11) is 0. The van der Waals surface area contributed by atoms with Crippen LogP contribution in [-0.4, -0.2) is 49.2 Å². The van der Waals surface area contributed by atoms with Gasteiger partial charge in [-0.25, -0.2) is 14.5 Å². The molecule has 27 heavy (non-hydrogen) atoms. The Bertz CT molecular complexity index is 872.